The van der Waals surface area contributed by atoms with E-state index in [0.717, 1.165) is 11.3 Å². The van der Waals surface area contributed by atoms with Gasteiger partial charge in [0.2, 0.25) is 0 Å². The second-order valence-corrected chi connectivity index (χ2v) is 3.08. The van der Waals surface area contributed by atoms with Crippen LogP contribution in [0.25, 0.3) is 0 Å². The van der Waals surface area contributed by atoms with Crippen molar-refractivity contribution in [2.24, 2.45) is 0 Å². The number of carbonyl (C=O) groups excluding carboxylic acids is 1. The van der Waals surface area contributed by atoms with Crippen LogP contribution in [0.15, 0.2) is 6.20 Å². The van der Waals surface area contributed by atoms with Gasteiger partial charge < -0.3 is 4.74 Å². The predicted molar refractivity (Wildman–Crippen MR) is 49.8 cm³/mol. The number of nitrogens with zero attached hydrogens (tertiary/aromatic N) is 1. The molecule has 0 spiro atoms. The summed E-state index contributed by atoms with van der Waals surface area (Å²) in [5.74, 6) is -0.399. The lowest BCUT2D eigenvalue weighted by Gasteiger charge is -1.89. The predicted octanol–water partition coefficient (Wildman–Crippen LogP) is 2.61. The van der Waals surface area contributed by atoms with Crippen molar-refractivity contribution in [3.63, 3.8) is 0 Å². The summed E-state index contributed by atoms with van der Waals surface area (Å²) in [4.78, 5) is 14.8. The number of halogens is 1. The molecule has 0 amide bonds. The molecule has 0 saturated heterocycles. The number of ether oxygens (including phenoxy) is 1. The van der Waals surface area contributed by atoms with Gasteiger partial charge in [-0.1, -0.05) is 36.8 Å². The van der Waals surface area contributed by atoms with E-state index < -0.39 is 5.97 Å². The summed E-state index contributed by atoms with van der Waals surface area (Å²) in [5.41, 5.74) is 0. The number of esters is 1. The van der Waals surface area contributed by atoms with Crippen molar-refractivity contribution in [3.05, 3.63) is 15.5 Å². The zero-order valence-electron chi connectivity index (χ0n) is 7.13. The van der Waals surface area contributed by atoms with E-state index in [0.29, 0.717) is 9.34 Å². The Balaban J connectivity index is 0.000000561. The number of hydrogen-bond acceptors (Lipinski definition) is 4. The van der Waals surface area contributed by atoms with Gasteiger partial charge in [0.15, 0.2) is 4.47 Å². The van der Waals surface area contributed by atoms with Crippen LogP contribution < -0.4 is 0 Å². The molecule has 3 nitrogen and oxygen atoms in total. The van der Waals surface area contributed by atoms with Gasteiger partial charge in [-0.15, -0.1) is 0 Å². The number of carbonyl (C=O) groups is 1. The number of aromatic nitrogens is 1. The average Bonchev–Trinajstić information content (AvgIpc) is 2.54. The van der Waals surface area contributed by atoms with E-state index in [1.54, 1.807) is 0 Å². The molecule has 0 aliphatic carbocycles. The van der Waals surface area contributed by atoms with Crippen molar-refractivity contribution in [1.82, 2.24) is 4.98 Å². The van der Waals surface area contributed by atoms with E-state index in [4.69, 9.17) is 11.6 Å². The van der Waals surface area contributed by atoms with Gasteiger partial charge in [0.05, 0.1) is 13.3 Å². The summed E-state index contributed by atoms with van der Waals surface area (Å²) in [6, 6.07) is 0. The highest BCUT2D eigenvalue weighted by Gasteiger charge is 2.08. The maximum absolute atomic E-state index is 10.7. The Morgan fingerprint density at radius 3 is 2.58 bits per heavy atom. The Bertz CT molecular complexity index is 249. The first-order valence-electron chi connectivity index (χ1n) is 3.43. The van der Waals surface area contributed by atoms with Crippen LogP contribution >= 0.6 is 22.9 Å². The normalized spacial score (nSPS) is 8.33. The second kappa shape index (κ2) is 5.97. The monoisotopic (exact) mass is 207 g/mol. The smallest absolute Gasteiger partial charge is 0.349 e. The quantitative estimate of drug-likeness (QED) is 0.665. The molecule has 0 radical (unpaired) electrons. The Kier molecular flexibility index (Phi) is 5.66. The minimum Gasteiger partial charge on any atom is -0.465 e. The maximum atomic E-state index is 10.7. The van der Waals surface area contributed by atoms with Crippen LogP contribution in [0.2, 0.25) is 4.47 Å². The molecule has 0 aliphatic rings. The van der Waals surface area contributed by atoms with E-state index in [2.05, 4.69) is 9.72 Å². The minimum atomic E-state index is -0.399. The lowest BCUT2D eigenvalue weighted by atomic mass is 10.6. The fraction of sp³-hybridized carbons (Fsp3) is 0.429. The topological polar surface area (TPSA) is 39.2 Å². The van der Waals surface area contributed by atoms with E-state index >= 15 is 0 Å². The fourth-order valence-electron chi connectivity index (χ4n) is 0.448. The summed E-state index contributed by atoms with van der Waals surface area (Å²) in [7, 11) is 1.32. The Labute approximate surface area is 80.3 Å². The van der Waals surface area contributed by atoms with Crippen LogP contribution in [0, 0.1) is 0 Å². The molecule has 0 atom stereocenters. The summed E-state index contributed by atoms with van der Waals surface area (Å²) in [6.07, 6.45) is 1.39. The van der Waals surface area contributed by atoms with E-state index in [1.807, 2.05) is 13.8 Å². The minimum absolute atomic E-state index is 0.348. The zero-order chi connectivity index (χ0) is 9.56. The van der Waals surface area contributed by atoms with Gasteiger partial charge in [0, 0.05) is 0 Å². The molecule has 0 aromatic carbocycles. The van der Waals surface area contributed by atoms with Crippen LogP contribution in [-0.4, -0.2) is 18.1 Å². The Hall–Kier alpha value is -0.610. The summed E-state index contributed by atoms with van der Waals surface area (Å²) < 4.78 is 4.77. The molecule has 1 heterocycles. The van der Waals surface area contributed by atoms with Crippen molar-refractivity contribution >= 4 is 28.9 Å². The molecule has 68 valence electrons. The third-order valence-corrected chi connectivity index (χ3v) is 1.96. The second-order valence-electron chi connectivity index (χ2n) is 1.47. The lowest BCUT2D eigenvalue weighted by molar-refractivity contribution is 0.0606. The largest absolute Gasteiger partial charge is 0.465 e. The molecule has 0 fully saturated rings. The molecular formula is C7H10ClNO2S. The molecule has 0 N–H and O–H groups in total. The van der Waals surface area contributed by atoms with Gasteiger partial charge in [-0.3, -0.25) is 0 Å². The SMILES string of the molecule is CC.COC(=O)c1cnc(Cl)s1. The Morgan fingerprint density at radius 1 is 1.67 bits per heavy atom. The van der Waals surface area contributed by atoms with Gasteiger partial charge in [-0.25, -0.2) is 9.78 Å². The maximum Gasteiger partial charge on any atom is 0.349 e. The molecule has 1 aromatic heterocycles. The number of methoxy groups -OCH3 is 1. The van der Waals surface area contributed by atoms with Crippen molar-refractivity contribution in [2.75, 3.05) is 7.11 Å². The third kappa shape index (κ3) is 3.19. The molecule has 0 unspecified atom stereocenters. The number of rotatable bonds is 1. The zero-order valence-corrected chi connectivity index (χ0v) is 8.70. The number of thiazole rings is 1. The lowest BCUT2D eigenvalue weighted by Crippen LogP contribution is -1.96. The highest BCUT2D eigenvalue weighted by molar-refractivity contribution is 7.17. The highest BCUT2D eigenvalue weighted by Crippen LogP contribution is 2.17. The molecule has 1 rings (SSSR count). The third-order valence-electron chi connectivity index (χ3n) is 0.864. The first kappa shape index (κ1) is 11.4. The molecular weight excluding hydrogens is 198 g/mol. The van der Waals surface area contributed by atoms with E-state index in [-0.39, 0.29) is 0 Å². The number of hydrogen-bond donors (Lipinski definition) is 0. The molecule has 5 heteroatoms. The molecule has 0 saturated carbocycles. The van der Waals surface area contributed by atoms with Crippen molar-refractivity contribution < 1.29 is 9.53 Å². The van der Waals surface area contributed by atoms with Gasteiger partial charge >= 0.3 is 5.97 Å². The van der Waals surface area contributed by atoms with Crippen LogP contribution in [-0.2, 0) is 4.74 Å². The van der Waals surface area contributed by atoms with Crippen LogP contribution in [0.3, 0.4) is 0 Å². The molecule has 12 heavy (non-hydrogen) atoms. The van der Waals surface area contributed by atoms with Crippen LogP contribution in [0.4, 0.5) is 0 Å². The van der Waals surface area contributed by atoms with Crippen molar-refractivity contribution in [1.29, 1.82) is 0 Å². The summed E-state index contributed by atoms with van der Waals surface area (Å²) in [6.45, 7) is 4.00. The van der Waals surface area contributed by atoms with Crippen molar-refractivity contribution in [2.45, 2.75) is 13.8 Å². The fourth-order valence-corrected chi connectivity index (χ4v) is 1.30. The first-order chi connectivity index (χ1) is 5.74. The van der Waals surface area contributed by atoms with Crippen LogP contribution in [0.1, 0.15) is 23.5 Å². The summed E-state index contributed by atoms with van der Waals surface area (Å²) >= 11 is 6.56. The van der Waals surface area contributed by atoms with Crippen molar-refractivity contribution in [3.8, 4) is 0 Å². The molecule has 0 aliphatic heterocycles. The van der Waals surface area contributed by atoms with Crippen LogP contribution in [0.5, 0.6) is 0 Å². The van der Waals surface area contributed by atoms with E-state index in [1.165, 1.54) is 13.3 Å². The van der Waals surface area contributed by atoms with E-state index in [9.17, 15) is 4.79 Å². The summed E-state index contributed by atoms with van der Waals surface area (Å²) in [5, 5.41) is 0. The molecule has 0 bridgehead atoms. The average molecular weight is 208 g/mol. The van der Waals surface area contributed by atoms with Gasteiger partial charge in [-0.05, 0) is 0 Å². The first-order valence-corrected chi connectivity index (χ1v) is 4.63. The standard InChI is InChI=1S/C5H4ClNO2S.C2H6/c1-9-4(8)3-2-7-5(6)10-3;1-2/h2H,1H3;1-2H3. The van der Waals surface area contributed by atoms with Gasteiger partial charge in [0.25, 0.3) is 0 Å². The molecule has 1 aromatic rings. The van der Waals surface area contributed by atoms with Gasteiger partial charge in [0.1, 0.15) is 4.88 Å². The Morgan fingerprint density at radius 2 is 2.25 bits per heavy atom. The highest BCUT2D eigenvalue weighted by atomic mass is 35.5. The van der Waals surface area contributed by atoms with Gasteiger partial charge in [-0.2, -0.15) is 0 Å².